The van der Waals surface area contributed by atoms with E-state index in [4.69, 9.17) is 9.57 Å². The quantitative estimate of drug-likeness (QED) is 0.478. The Morgan fingerprint density at radius 3 is 2.69 bits per heavy atom. The Morgan fingerprint density at radius 1 is 1.31 bits per heavy atom. The van der Waals surface area contributed by atoms with Crippen molar-refractivity contribution in [2.24, 2.45) is 5.16 Å². The third-order valence-electron chi connectivity index (χ3n) is 5.12. The molecule has 0 aliphatic carbocycles. The van der Waals surface area contributed by atoms with Crippen molar-refractivity contribution >= 4 is 39.1 Å². The molecular weight excluding hydrogens is 457 g/mol. The fraction of sp³-hybridized carbons (Fsp3) is 0.450. The van der Waals surface area contributed by atoms with Crippen molar-refractivity contribution in [3.63, 3.8) is 0 Å². The number of nitrogens with zero attached hydrogens (tertiary/aromatic N) is 4. The van der Waals surface area contributed by atoms with Gasteiger partial charge in [-0.2, -0.15) is 4.39 Å². The fourth-order valence-electron chi connectivity index (χ4n) is 3.25. The van der Waals surface area contributed by atoms with Gasteiger partial charge < -0.3 is 14.5 Å². The fourth-order valence-corrected chi connectivity index (χ4v) is 4.95. The normalized spacial score (nSPS) is 21.4. The van der Waals surface area contributed by atoms with Gasteiger partial charge in [-0.3, -0.25) is 10.1 Å². The Labute approximate surface area is 191 Å². The van der Waals surface area contributed by atoms with Crippen molar-refractivity contribution in [3.8, 4) is 0 Å². The molecule has 2 saturated heterocycles. The summed E-state index contributed by atoms with van der Waals surface area (Å²) in [6, 6.07) is 6.79. The Morgan fingerprint density at radius 2 is 2.06 bits per heavy atom. The largest absolute Gasteiger partial charge is 0.389 e. The molecule has 172 valence electrons. The maximum Gasteiger partial charge on any atom is 0.280 e. The molecule has 0 saturated carbocycles. The van der Waals surface area contributed by atoms with Gasteiger partial charge in [0.15, 0.2) is 22.1 Å². The van der Waals surface area contributed by atoms with E-state index in [-0.39, 0.29) is 16.9 Å². The summed E-state index contributed by atoms with van der Waals surface area (Å²) in [7, 11) is 0.760. The van der Waals surface area contributed by atoms with Crippen molar-refractivity contribution in [3.05, 3.63) is 41.2 Å². The maximum absolute atomic E-state index is 13.2. The van der Waals surface area contributed by atoms with Crippen LogP contribution in [0, 0.1) is 5.13 Å². The minimum Gasteiger partial charge on any atom is -0.389 e. The van der Waals surface area contributed by atoms with Crippen LogP contribution in [0.5, 0.6) is 0 Å². The SMILES string of the molecule is CN1CCN(S(=O)c2ccc(/C(=N\O[C@@H]3CCOC3)C(=O)Nc3ncc(F)s3)cc2)CC1. The molecule has 1 aromatic carbocycles. The van der Waals surface area contributed by atoms with E-state index in [0.29, 0.717) is 30.1 Å². The molecule has 0 spiro atoms. The number of halogens is 1. The van der Waals surface area contributed by atoms with Gasteiger partial charge in [-0.25, -0.2) is 13.5 Å². The van der Waals surface area contributed by atoms with Crippen LogP contribution in [0.25, 0.3) is 0 Å². The Kier molecular flexibility index (Phi) is 7.58. The Bertz CT molecular complexity index is 986. The molecule has 9 nitrogen and oxygen atoms in total. The Hall–Kier alpha value is -2.25. The van der Waals surface area contributed by atoms with Crippen LogP contribution in [0.2, 0.25) is 0 Å². The van der Waals surface area contributed by atoms with Crippen LogP contribution >= 0.6 is 11.3 Å². The second-order valence-corrected chi connectivity index (χ2v) is 9.93. The number of piperazine rings is 1. The summed E-state index contributed by atoms with van der Waals surface area (Å²) in [4.78, 5) is 25.0. The molecule has 2 aromatic rings. The number of oxime groups is 1. The summed E-state index contributed by atoms with van der Waals surface area (Å²) in [6.07, 6.45) is 1.48. The number of likely N-dealkylation sites (N-methyl/N-ethyl adjacent to an activating group) is 1. The summed E-state index contributed by atoms with van der Waals surface area (Å²) in [5.74, 6) is -0.578. The van der Waals surface area contributed by atoms with Crippen molar-refractivity contribution in [2.45, 2.75) is 17.4 Å². The van der Waals surface area contributed by atoms with Crippen LogP contribution in [0.15, 0.2) is 40.5 Å². The van der Waals surface area contributed by atoms with Crippen LogP contribution in [0.4, 0.5) is 9.52 Å². The number of rotatable bonds is 7. The van der Waals surface area contributed by atoms with Crippen LogP contribution in [0.3, 0.4) is 0 Å². The maximum atomic E-state index is 13.2. The molecule has 0 bridgehead atoms. The summed E-state index contributed by atoms with van der Waals surface area (Å²) < 4.78 is 33.3. The lowest BCUT2D eigenvalue weighted by atomic mass is 10.1. The zero-order valence-corrected chi connectivity index (χ0v) is 19.2. The van der Waals surface area contributed by atoms with Crippen LogP contribution in [-0.4, -0.2) is 82.6 Å². The summed E-state index contributed by atoms with van der Waals surface area (Å²) in [6.45, 7) is 4.15. The van der Waals surface area contributed by atoms with Gasteiger partial charge in [0, 0.05) is 38.2 Å². The summed E-state index contributed by atoms with van der Waals surface area (Å²) in [5, 5.41) is 6.23. The van der Waals surface area contributed by atoms with E-state index >= 15 is 0 Å². The number of aromatic nitrogens is 1. The van der Waals surface area contributed by atoms with Gasteiger partial charge in [-0.15, -0.1) is 0 Å². The highest BCUT2D eigenvalue weighted by Crippen LogP contribution is 2.19. The predicted octanol–water partition coefficient (Wildman–Crippen LogP) is 1.70. The average molecular weight is 482 g/mol. The Balaban J connectivity index is 1.51. The van der Waals surface area contributed by atoms with E-state index in [1.807, 2.05) is 11.4 Å². The standard InChI is InChI=1S/C20H24FN5O4S2/c1-25-7-9-26(10-8-25)32(28)16-4-2-14(3-5-16)18(24-30-15-6-11-29-13-15)19(27)23-20-22-12-17(21)31-20/h2-5,12,15H,6-11,13H2,1H3,(H,22,23,27)/b24-18+/t15-,32?/m1/s1. The predicted molar refractivity (Wildman–Crippen MR) is 119 cm³/mol. The van der Waals surface area contributed by atoms with Crippen molar-refractivity contribution in [1.82, 2.24) is 14.2 Å². The van der Waals surface area contributed by atoms with Crippen LogP contribution in [0.1, 0.15) is 12.0 Å². The van der Waals surface area contributed by atoms with E-state index < -0.39 is 22.0 Å². The highest BCUT2D eigenvalue weighted by Gasteiger charge is 2.23. The number of amides is 1. The van der Waals surface area contributed by atoms with Crippen LogP contribution in [-0.2, 0) is 25.4 Å². The number of nitrogens with one attached hydrogen (secondary N) is 1. The first-order valence-corrected chi connectivity index (χ1v) is 12.1. The first-order chi connectivity index (χ1) is 15.5. The zero-order chi connectivity index (χ0) is 22.5. The molecular formula is C20H24FN5O4S2. The molecule has 12 heteroatoms. The number of anilines is 1. The van der Waals surface area contributed by atoms with E-state index in [0.717, 1.165) is 43.7 Å². The molecule has 2 aliphatic heterocycles. The first-order valence-electron chi connectivity index (χ1n) is 10.2. The minimum atomic E-state index is -1.28. The highest BCUT2D eigenvalue weighted by molar-refractivity contribution is 7.82. The number of hydrogen-bond acceptors (Lipinski definition) is 8. The lowest BCUT2D eigenvalue weighted by molar-refractivity contribution is -0.110. The number of carbonyl (C=O) groups is 1. The van der Waals surface area contributed by atoms with E-state index in [1.54, 1.807) is 24.3 Å². The smallest absolute Gasteiger partial charge is 0.280 e. The molecule has 1 amide bonds. The molecule has 1 N–H and O–H groups in total. The summed E-state index contributed by atoms with van der Waals surface area (Å²) in [5.41, 5.74) is 0.502. The van der Waals surface area contributed by atoms with Gasteiger partial charge >= 0.3 is 0 Å². The lowest BCUT2D eigenvalue weighted by Gasteiger charge is -2.31. The molecule has 3 heterocycles. The number of ether oxygens (including phenoxy) is 1. The van der Waals surface area contributed by atoms with Gasteiger partial charge in [-0.1, -0.05) is 28.6 Å². The number of hydrogen-bond donors (Lipinski definition) is 1. The van der Waals surface area contributed by atoms with Gasteiger partial charge in [-0.05, 0) is 19.2 Å². The second-order valence-electron chi connectivity index (χ2n) is 7.46. The van der Waals surface area contributed by atoms with Gasteiger partial charge in [0.25, 0.3) is 5.91 Å². The zero-order valence-electron chi connectivity index (χ0n) is 17.5. The van der Waals surface area contributed by atoms with Crippen LogP contribution < -0.4 is 5.32 Å². The van der Waals surface area contributed by atoms with Gasteiger partial charge in [0.1, 0.15) is 11.0 Å². The molecule has 2 aliphatic rings. The van der Waals surface area contributed by atoms with E-state index in [1.165, 1.54) is 0 Å². The molecule has 32 heavy (non-hydrogen) atoms. The monoisotopic (exact) mass is 481 g/mol. The molecule has 0 radical (unpaired) electrons. The lowest BCUT2D eigenvalue weighted by Crippen LogP contribution is -2.45. The van der Waals surface area contributed by atoms with Gasteiger partial charge in [0.2, 0.25) is 0 Å². The van der Waals surface area contributed by atoms with Crippen molar-refractivity contribution in [1.29, 1.82) is 0 Å². The number of thiazole rings is 1. The minimum absolute atomic E-state index is 0.0180. The molecule has 4 rings (SSSR count). The molecule has 1 unspecified atom stereocenters. The topological polar surface area (TPSA) is 96.4 Å². The number of benzene rings is 1. The van der Waals surface area contributed by atoms with E-state index in [9.17, 15) is 13.4 Å². The first kappa shape index (κ1) is 22.9. The van der Waals surface area contributed by atoms with Gasteiger partial charge in [0.05, 0.1) is 24.3 Å². The molecule has 1 aromatic heterocycles. The average Bonchev–Trinajstić information content (AvgIpc) is 3.46. The number of carbonyl (C=O) groups excluding carboxylic acids is 1. The van der Waals surface area contributed by atoms with Crippen molar-refractivity contribution < 1.29 is 23.0 Å². The molecule has 2 atom stereocenters. The molecule has 2 fully saturated rings. The second kappa shape index (κ2) is 10.6. The third-order valence-corrected chi connectivity index (χ3v) is 7.33. The summed E-state index contributed by atoms with van der Waals surface area (Å²) >= 11 is 0.720. The van der Waals surface area contributed by atoms with E-state index in [2.05, 4.69) is 20.4 Å². The third kappa shape index (κ3) is 5.75. The highest BCUT2D eigenvalue weighted by atomic mass is 32.2. The van der Waals surface area contributed by atoms with Crippen molar-refractivity contribution in [2.75, 3.05) is 51.8 Å².